The van der Waals surface area contributed by atoms with Crippen LogP contribution in [-0.2, 0) is 6.54 Å². The summed E-state index contributed by atoms with van der Waals surface area (Å²) in [6.07, 6.45) is -0.217. The zero-order valence-electron chi connectivity index (χ0n) is 8.33. The van der Waals surface area contributed by atoms with Crippen LogP contribution in [0.25, 0.3) is 0 Å². The Morgan fingerprint density at radius 2 is 1.92 bits per heavy atom. The lowest BCUT2D eigenvalue weighted by Crippen LogP contribution is -2.84. The predicted molar refractivity (Wildman–Crippen MR) is 53.4 cm³/mol. The van der Waals surface area contributed by atoms with Gasteiger partial charge in [-0.2, -0.15) is 0 Å². The van der Waals surface area contributed by atoms with E-state index in [2.05, 4.69) is 36.5 Å². The summed E-state index contributed by atoms with van der Waals surface area (Å²) in [6, 6.07) is 8.50. The van der Waals surface area contributed by atoms with Gasteiger partial charge in [0.05, 0.1) is 6.10 Å². The third kappa shape index (κ3) is 4.06. The Hall–Kier alpha value is -0.860. The molecule has 0 aliphatic rings. The Kier molecular flexibility index (Phi) is 3.93. The molecular formula is C11H18NO+. The highest BCUT2D eigenvalue weighted by Gasteiger charge is 1.98. The molecule has 0 saturated heterocycles. The molecule has 1 aromatic carbocycles. The molecule has 1 atom stereocenters. The van der Waals surface area contributed by atoms with Gasteiger partial charge in [-0.25, -0.2) is 0 Å². The van der Waals surface area contributed by atoms with Crippen molar-refractivity contribution < 1.29 is 10.4 Å². The Bertz CT molecular complexity index is 241. The maximum atomic E-state index is 9.04. The summed E-state index contributed by atoms with van der Waals surface area (Å²) in [5.41, 5.74) is 2.60. The first-order chi connectivity index (χ1) is 6.18. The van der Waals surface area contributed by atoms with Crippen molar-refractivity contribution in [2.24, 2.45) is 0 Å². The van der Waals surface area contributed by atoms with E-state index in [-0.39, 0.29) is 6.10 Å². The van der Waals surface area contributed by atoms with Gasteiger partial charge in [-0.3, -0.25) is 0 Å². The van der Waals surface area contributed by atoms with Crippen LogP contribution in [0.3, 0.4) is 0 Å². The lowest BCUT2D eigenvalue weighted by Gasteiger charge is -2.03. The third-order valence-corrected chi connectivity index (χ3v) is 2.01. The SMILES string of the molecule is Cc1ccc(C[NH2+]C[C@@H](C)O)cc1. The third-order valence-electron chi connectivity index (χ3n) is 2.01. The largest absolute Gasteiger partial charge is 0.388 e. The molecule has 0 bridgehead atoms. The minimum atomic E-state index is -0.217. The van der Waals surface area contributed by atoms with Gasteiger partial charge < -0.3 is 10.4 Å². The van der Waals surface area contributed by atoms with E-state index in [4.69, 9.17) is 5.11 Å². The van der Waals surface area contributed by atoms with Crippen molar-refractivity contribution in [3.8, 4) is 0 Å². The molecule has 0 aliphatic carbocycles. The number of aliphatic hydroxyl groups excluding tert-OH is 1. The zero-order valence-corrected chi connectivity index (χ0v) is 8.33. The van der Waals surface area contributed by atoms with E-state index in [1.807, 2.05) is 6.92 Å². The minimum Gasteiger partial charge on any atom is -0.388 e. The highest BCUT2D eigenvalue weighted by molar-refractivity contribution is 5.20. The van der Waals surface area contributed by atoms with E-state index in [0.717, 1.165) is 13.1 Å². The van der Waals surface area contributed by atoms with E-state index in [0.29, 0.717) is 0 Å². The molecule has 0 radical (unpaired) electrons. The van der Waals surface area contributed by atoms with E-state index < -0.39 is 0 Å². The number of benzene rings is 1. The van der Waals surface area contributed by atoms with Crippen molar-refractivity contribution in [3.63, 3.8) is 0 Å². The number of rotatable bonds is 4. The van der Waals surface area contributed by atoms with Crippen LogP contribution in [0.1, 0.15) is 18.1 Å². The van der Waals surface area contributed by atoms with Gasteiger partial charge in [-0.1, -0.05) is 29.8 Å². The Labute approximate surface area is 79.6 Å². The zero-order chi connectivity index (χ0) is 9.68. The van der Waals surface area contributed by atoms with Crippen LogP contribution in [0, 0.1) is 6.92 Å². The first kappa shape index (κ1) is 10.2. The molecular weight excluding hydrogens is 162 g/mol. The van der Waals surface area contributed by atoms with Gasteiger partial charge >= 0.3 is 0 Å². The van der Waals surface area contributed by atoms with Gasteiger partial charge in [-0.15, -0.1) is 0 Å². The van der Waals surface area contributed by atoms with Crippen LogP contribution < -0.4 is 5.32 Å². The first-order valence-electron chi connectivity index (χ1n) is 4.74. The normalized spacial score (nSPS) is 12.8. The Morgan fingerprint density at radius 1 is 1.31 bits per heavy atom. The molecule has 0 heterocycles. The molecule has 0 fully saturated rings. The first-order valence-corrected chi connectivity index (χ1v) is 4.74. The smallest absolute Gasteiger partial charge is 0.102 e. The fourth-order valence-electron chi connectivity index (χ4n) is 1.22. The number of aryl methyl sites for hydroxylation is 1. The number of nitrogens with two attached hydrogens (primary N) is 1. The van der Waals surface area contributed by atoms with Crippen LogP contribution in [0.5, 0.6) is 0 Å². The van der Waals surface area contributed by atoms with E-state index in [1.165, 1.54) is 11.1 Å². The number of quaternary nitrogens is 1. The minimum absolute atomic E-state index is 0.217. The van der Waals surface area contributed by atoms with Crippen LogP contribution >= 0.6 is 0 Å². The summed E-state index contributed by atoms with van der Waals surface area (Å²) in [5.74, 6) is 0. The van der Waals surface area contributed by atoms with Gasteiger partial charge in [0.2, 0.25) is 0 Å². The molecule has 0 spiro atoms. The highest BCUT2D eigenvalue weighted by Crippen LogP contribution is 2.00. The number of hydrogen-bond acceptors (Lipinski definition) is 1. The quantitative estimate of drug-likeness (QED) is 0.693. The lowest BCUT2D eigenvalue weighted by atomic mass is 10.1. The van der Waals surface area contributed by atoms with E-state index in [1.54, 1.807) is 0 Å². The molecule has 2 nitrogen and oxygen atoms in total. The Balaban J connectivity index is 2.33. The fraction of sp³-hybridized carbons (Fsp3) is 0.455. The van der Waals surface area contributed by atoms with Crippen LogP contribution in [-0.4, -0.2) is 17.8 Å². The Morgan fingerprint density at radius 3 is 2.46 bits per heavy atom. The topological polar surface area (TPSA) is 36.8 Å². The molecule has 1 aromatic rings. The summed E-state index contributed by atoms with van der Waals surface area (Å²) < 4.78 is 0. The maximum absolute atomic E-state index is 9.04. The van der Waals surface area contributed by atoms with Crippen molar-refractivity contribution in [2.75, 3.05) is 6.54 Å². The molecule has 0 aromatic heterocycles. The maximum Gasteiger partial charge on any atom is 0.102 e. The monoisotopic (exact) mass is 180 g/mol. The summed E-state index contributed by atoms with van der Waals surface area (Å²) in [7, 11) is 0. The van der Waals surface area contributed by atoms with Gasteiger partial charge in [0.25, 0.3) is 0 Å². The molecule has 3 N–H and O–H groups in total. The van der Waals surface area contributed by atoms with E-state index >= 15 is 0 Å². The average molecular weight is 180 g/mol. The standard InChI is InChI=1S/C11H17NO/c1-9-3-5-11(6-4-9)8-12-7-10(2)13/h3-6,10,12-13H,7-8H2,1-2H3/p+1/t10-/m1/s1. The van der Waals surface area contributed by atoms with Gasteiger partial charge in [0.1, 0.15) is 13.1 Å². The molecule has 72 valence electrons. The second-order valence-electron chi connectivity index (χ2n) is 3.56. The predicted octanol–water partition coefficient (Wildman–Crippen LogP) is 0.439. The second-order valence-corrected chi connectivity index (χ2v) is 3.56. The molecule has 0 unspecified atom stereocenters. The van der Waals surface area contributed by atoms with Gasteiger partial charge in [0, 0.05) is 5.56 Å². The van der Waals surface area contributed by atoms with E-state index in [9.17, 15) is 0 Å². The molecule has 13 heavy (non-hydrogen) atoms. The molecule has 0 amide bonds. The molecule has 0 saturated carbocycles. The van der Waals surface area contributed by atoms with Gasteiger partial charge in [-0.05, 0) is 13.8 Å². The van der Waals surface area contributed by atoms with Crippen molar-refractivity contribution in [2.45, 2.75) is 26.5 Å². The van der Waals surface area contributed by atoms with Crippen LogP contribution in [0.15, 0.2) is 24.3 Å². The molecule has 0 aliphatic heterocycles. The number of aliphatic hydroxyl groups is 1. The summed E-state index contributed by atoms with van der Waals surface area (Å²) in [5, 5.41) is 11.2. The van der Waals surface area contributed by atoms with Crippen molar-refractivity contribution in [1.82, 2.24) is 0 Å². The molecule has 1 rings (SSSR count). The summed E-state index contributed by atoms with van der Waals surface area (Å²) >= 11 is 0. The average Bonchev–Trinajstić information content (AvgIpc) is 2.08. The highest BCUT2D eigenvalue weighted by atomic mass is 16.3. The number of hydrogen-bond donors (Lipinski definition) is 2. The van der Waals surface area contributed by atoms with Crippen molar-refractivity contribution in [3.05, 3.63) is 35.4 Å². The summed E-state index contributed by atoms with van der Waals surface area (Å²) in [6.45, 7) is 5.62. The lowest BCUT2D eigenvalue weighted by molar-refractivity contribution is -0.676. The summed E-state index contributed by atoms with van der Waals surface area (Å²) in [4.78, 5) is 0. The van der Waals surface area contributed by atoms with Crippen LogP contribution in [0.2, 0.25) is 0 Å². The van der Waals surface area contributed by atoms with Crippen molar-refractivity contribution >= 4 is 0 Å². The molecule has 2 heteroatoms. The fourth-order valence-corrected chi connectivity index (χ4v) is 1.22. The van der Waals surface area contributed by atoms with Crippen LogP contribution in [0.4, 0.5) is 0 Å². The second kappa shape index (κ2) is 5.00. The van der Waals surface area contributed by atoms with Crippen molar-refractivity contribution in [1.29, 1.82) is 0 Å². The van der Waals surface area contributed by atoms with Gasteiger partial charge in [0.15, 0.2) is 0 Å².